The molecular formula is C55H88O3S. The molecule has 0 unspecified atom stereocenters. The van der Waals surface area contributed by atoms with E-state index in [0.29, 0.717) is 0 Å². The number of carbonyl (C=O) groups is 1. The Labute approximate surface area is 365 Å². The van der Waals surface area contributed by atoms with Gasteiger partial charge in [0.05, 0.1) is 0 Å². The summed E-state index contributed by atoms with van der Waals surface area (Å²) in [5, 5.41) is 11.2. The summed E-state index contributed by atoms with van der Waals surface area (Å²) in [5.74, 6) is 0. The fraction of sp³-hybridized carbons (Fsp3) is 0.655. The van der Waals surface area contributed by atoms with Gasteiger partial charge < -0.3 is 9.29 Å². The van der Waals surface area contributed by atoms with Crippen LogP contribution in [0.5, 0.6) is 0 Å². The maximum Gasteiger partial charge on any atom is 0.517 e. The summed E-state index contributed by atoms with van der Waals surface area (Å²) in [5.41, 5.74) is 8.24. The Kier molecular flexibility index (Phi) is 26.0. The highest BCUT2D eigenvalue weighted by atomic mass is 32.3. The van der Waals surface area contributed by atoms with Crippen LogP contribution in [0.3, 0.4) is 0 Å². The summed E-state index contributed by atoms with van der Waals surface area (Å²) < 4.78 is 6.97. The van der Waals surface area contributed by atoms with Crippen LogP contribution in [0, 0.1) is 0 Å². The number of carboxylic acid groups (broad SMARTS) is 1. The zero-order valence-electron chi connectivity index (χ0n) is 39.1. The first-order valence-corrected chi connectivity index (χ1v) is 26.6. The molecule has 0 radical (unpaired) electrons. The van der Waals surface area contributed by atoms with E-state index in [1.807, 2.05) is 0 Å². The molecule has 0 bridgehead atoms. The van der Waals surface area contributed by atoms with Gasteiger partial charge in [-0.15, -0.1) is 0 Å². The van der Waals surface area contributed by atoms with Crippen LogP contribution in [0.15, 0.2) is 69.3 Å². The Balaban J connectivity index is 2.56. The number of unbranched alkanes of at least 4 members (excludes halogenated alkanes) is 18. The molecule has 332 valence electrons. The lowest BCUT2D eigenvalue weighted by molar-refractivity contribution is 0.150. The van der Waals surface area contributed by atoms with E-state index in [1.165, 1.54) is 172 Å². The Morgan fingerprint density at radius 1 is 0.424 bits per heavy atom. The molecule has 0 aliphatic carbocycles. The van der Waals surface area contributed by atoms with E-state index >= 15 is 0 Å². The summed E-state index contributed by atoms with van der Waals surface area (Å²) in [6.07, 6.45) is 33.6. The fourth-order valence-corrected chi connectivity index (χ4v) is 12.9. The average Bonchev–Trinajstić information content (AvgIpc) is 3.24. The van der Waals surface area contributed by atoms with E-state index in [9.17, 15) is 9.90 Å². The predicted octanol–water partition coefficient (Wildman–Crippen LogP) is 18.3. The first-order valence-electron chi connectivity index (χ1n) is 25.0. The molecule has 0 saturated carbocycles. The van der Waals surface area contributed by atoms with Gasteiger partial charge in [0, 0.05) is 14.7 Å². The third-order valence-electron chi connectivity index (χ3n) is 12.3. The lowest BCUT2D eigenvalue weighted by Crippen LogP contribution is -2.19. The molecule has 1 N–H and O–H groups in total. The Hall–Kier alpha value is -2.72. The second-order valence-electron chi connectivity index (χ2n) is 17.6. The van der Waals surface area contributed by atoms with Gasteiger partial charge in [-0.1, -0.05) is 200 Å². The van der Waals surface area contributed by atoms with Crippen molar-refractivity contribution in [3.05, 3.63) is 88.0 Å². The van der Waals surface area contributed by atoms with Gasteiger partial charge in [-0.3, -0.25) is 0 Å². The third kappa shape index (κ3) is 16.9. The lowest BCUT2D eigenvalue weighted by Gasteiger charge is -2.44. The van der Waals surface area contributed by atoms with E-state index in [1.54, 1.807) is 0 Å². The number of aryl methyl sites for hydroxylation is 6. The second kappa shape index (κ2) is 30.3. The molecule has 0 saturated heterocycles. The van der Waals surface area contributed by atoms with Crippen molar-refractivity contribution in [2.75, 3.05) is 0 Å². The van der Waals surface area contributed by atoms with Crippen LogP contribution >= 0.6 is 10.3 Å². The van der Waals surface area contributed by atoms with Crippen LogP contribution in [0.1, 0.15) is 229 Å². The summed E-state index contributed by atoms with van der Waals surface area (Å²) in [7, 11) is -2.72. The molecule has 0 aliphatic rings. The largest absolute Gasteiger partial charge is 0.517 e. The van der Waals surface area contributed by atoms with Crippen molar-refractivity contribution in [2.45, 2.75) is 249 Å². The van der Waals surface area contributed by atoms with Crippen LogP contribution in [0.4, 0.5) is 4.79 Å². The summed E-state index contributed by atoms with van der Waals surface area (Å²) >= 11 is 0. The zero-order chi connectivity index (χ0) is 42.6. The summed E-state index contributed by atoms with van der Waals surface area (Å²) in [4.78, 5) is 17.2. The van der Waals surface area contributed by atoms with Gasteiger partial charge in [0.15, 0.2) is 0 Å². The smallest absolute Gasteiger partial charge is 0.449 e. The number of rotatable bonds is 34. The maximum atomic E-state index is 13.7. The van der Waals surface area contributed by atoms with Crippen LogP contribution in [-0.4, -0.2) is 11.3 Å². The van der Waals surface area contributed by atoms with Crippen LogP contribution in [-0.2, 0) is 42.7 Å². The second-order valence-corrected chi connectivity index (χ2v) is 20.1. The minimum absolute atomic E-state index is 0.956. The number of hydrogen-bond donors (Lipinski definition) is 1. The number of hydrogen-bond acceptors (Lipinski definition) is 2. The third-order valence-corrected chi connectivity index (χ3v) is 15.8. The molecule has 0 fully saturated rings. The van der Waals surface area contributed by atoms with Crippen molar-refractivity contribution in [3.8, 4) is 0 Å². The van der Waals surface area contributed by atoms with E-state index < -0.39 is 16.5 Å². The molecule has 3 aromatic rings. The summed E-state index contributed by atoms with van der Waals surface area (Å²) in [6.45, 7) is 13.8. The minimum Gasteiger partial charge on any atom is -0.449 e. The van der Waals surface area contributed by atoms with Crippen molar-refractivity contribution in [3.63, 3.8) is 0 Å². The molecule has 3 nitrogen and oxygen atoms in total. The standard InChI is InChI=1S/C55H88O3S/c1-7-13-19-26-34-46-42-48(36-28-21-15-9-3)53(49(43-46)37-29-22-16-10-4)59(58-55(56)57,52-40-32-25-33-41-52)54-50(38-30-23-17-11-5)44-47(35-27-20-14-8-2)45-51(54)39-31-24-18-12-6/h25,32-33,40-45H,7-24,26-31,34-39H2,1-6H3,(H,56,57). The van der Waals surface area contributed by atoms with Gasteiger partial charge in [-0.2, -0.15) is 0 Å². The highest BCUT2D eigenvalue weighted by Gasteiger charge is 2.42. The molecule has 0 spiro atoms. The highest BCUT2D eigenvalue weighted by molar-refractivity contribution is 8.30. The normalized spacial score (nSPS) is 12.0. The van der Waals surface area contributed by atoms with Crippen molar-refractivity contribution in [1.29, 1.82) is 0 Å². The topological polar surface area (TPSA) is 46.5 Å². The van der Waals surface area contributed by atoms with Crippen LogP contribution in [0.25, 0.3) is 0 Å². The van der Waals surface area contributed by atoms with E-state index in [-0.39, 0.29) is 0 Å². The lowest BCUT2D eigenvalue weighted by atomic mass is 9.94. The monoisotopic (exact) mass is 829 g/mol. The number of benzene rings is 3. The zero-order valence-corrected chi connectivity index (χ0v) is 39.9. The predicted molar refractivity (Wildman–Crippen MR) is 258 cm³/mol. The molecule has 59 heavy (non-hydrogen) atoms. The van der Waals surface area contributed by atoms with Crippen molar-refractivity contribution in [2.24, 2.45) is 0 Å². The van der Waals surface area contributed by atoms with Gasteiger partial charge in [0.2, 0.25) is 0 Å². The van der Waals surface area contributed by atoms with Crippen molar-refractivity contribution < 1.29 is 14.1 Å². The van der Waals surface area contributed by atoms with Crippen molar-refractivity contribution >= 4 is 16.5 Å². The minimum atomic E-state index is -2.72. The highest BCUT2D eigenvalue weighted by Crippen LogP contribution is 2.73. The SMILES string of the molecule is CCCCCCc1cc(CCCCCC)c(S(OC(=O)O)(c2ccccc2)c2c(CCCCCC)cc(CCCCCC)cc2CCCCCC)c(CCCCCC)c1. The quantitative estimate of drug-likeness (QED) is 0.0610. The molecule has 0 aliphatic heterocycles. The Morgan fingerprint density at radius 2 is 0.712 bits per heavy atom. The molecule has 3 rings (SSSR count). The average molecular weight is 829 g/mol. The van der Waals surface area contributed by atoms with Crippen LogP contribution in [0.2, 0.25) is 0 Å². The summed E-state index contributed by atoms with van der Waals surface area (Å²) in [6, 6.07) is 20.8. The van der Waals surface area contributed by atoms with E-state index in [2.05, 4.69) is 96.1 Å². The Bertz CT molecular complexity index is 1410. The fourth-order valence-electron chi connectivity index (χ4n) is 9.09. The molecule has 4 heteroatoms. The molecule has 0 atom stereocenters. The first kappa shape index (κ1) is 50.6. The molecule has 0 heterocycles. The maximum absolute atomic E-state index is 13.7. The van der Waals surface area contributed by atoms with E-state index in [0.717, 1.165) is 69.1 Å². The molecule has 0 aromatic heterocycles. The van der Waals surface area contributed by atoms with Gasteiger partial charge in [-0.25, -0.2) is 4.79 Å². The van der Waals surface area contributed by atoms with Gasteiger partial charge >= 0.3 is 6.16 Å². The van der Waals surface area contributed by atoms with Crippen LogP contribution < -0.4 is 0 Å². The van der Waals surface area contributed by atoms with Gasteiger partial charge in [-0.05, 0) is 133 Å². The van der Waals surface area contributed by atoms with Gasteiger partial charge in [0.25, 0.3) is 0 Å². The molecular weight excluding hydrogens is 741 g/mol. The van der Waals surface area contributed by atoms with E-state index in [4.69, 9.17) is 4.18 Å². The van der Waals surface area contributed by atoms with Gasteiger partial charge in [0.1, 0.15) is 0 Å². The molecule has 0 amide bonds. The van der Waals surface area contributed by atoms with Crippen molar-refractivity contribution in [1.82, 2.24) is 0 Å². The molecule has 3 aromatic carbocycles. The Morgan fingerprint density at radius 3 is 0.983 bits per heavy atom. The first-order chi connectivity index (χ1) is 28.9.